The minimum atomic E-state index is 0.0439. The van der Waals surface area contributed by atoms with Crippen LogP contribution in [0.2, 0.25) is 0 Å². The maximum absolute atomic E-state index is 11.9. The molecule has 0 bridgehead atoms. The van der Waals surface area contributed by atoms with Crippen LogP contribution in [-0.2, 0) is 9.53 Å². The van der Waals surface area contributed by atoms with Crippen molar-refractivity contribution in [3.8, 4) is 0 Å². The number of carbonyl (C=O) groups is 1. The first-order valence-corrected chi connectivity index (χ1v) is 7.40. The fourth-order valence-corrected chi connectivity index (χ4v) is 2.67. The smallest absolute Gasteiger partial charge is 0.248 e. The predicted octanol–water partition coefficient (Wildman–Crippen LogP) is 0.118. The molecule has 1 fully saturated rings. The Hall–Kier alpha value is -2.22. The van der Waals surface area contributed by atoms with Crippen LogP contribution in [0.1, 0.15) is 12.2 Å². The molecule has 0 N–H and O–H groups in total. The quantitative estimate of drug-likeness (QED) is 0.801. The van der Waals surface area contributed by atoms with Gasteiger partial charge in [-0.3, -0.25) is 4.79 Å². The average Bonchev–Trinajstić information content (AvgIpc) is 2.75. The van der Waals surface area contributed by atoms with Crippen molar-refractivity contribution < 1.29 is 9.53 Å². The third-order valence-electron chi connectivity index (χ3n) is 3.85. The van der Waals surface area contributed by atoms with Crippen LogP contribution in [0.15, 0.2) is 12.1 Å². The second-order valence-corrected chi connectivity index (χ2v) is 5.36. The van der Waals surface area contributed by atoms with Crippen molar-refractivity contribution in [3.05, 3.63) is 18.0 Å². The number of aromatic nitrogens is 4. The van der Waals surface area contributed by atoms with Gasteiger partial charge in [0.1, 0.15) is 12.4 Å². The van der Waals surface area contributed by atoms with Crippen LogP contribution in [0.25, 0.3) is 5.65 Å². The molecule has 0 atom stereocenters. The molecule has 3 rings (SSSR count). The lowest BCUT2D eigenvalue weighted by Gasteiger charge is -2.22. The van der Waals surface area contributed by atoms with Gasteiger partial charge in [-0.2, -0.15) is 4.52 Å². The summed E-state index contributed by atoms with van der Waals surface area (Å²) in [5.41, 5.74) is 0.743. The molecule has 22 heavy (non-hydrogen) atoms. The van der Waals surface area contributed by atoms with E-state index in [-0.39, 0.29) is 12.5 Å². The molecule has 0 unspecified atom stereocenters. The summed E-state index contributed by atoms with van der Waals surface area (Å²) in [5.74, 6) is 1.70. The molecule has 0 spiro atoms. The first kappa shape index (κ1) is 14.7. The number of rotatable bonds is 3. The van der Waals surface area contributed by atoms with Gasteiger partial charge in [-0.25, -0.2) is 0 Å². The number of amides is 1. The molecular weight excluding hydrogens is 284 g/mol. The van der Waals surface area contributed by atoms with Crippen molar-refractivity contribution in [3.63, 3.8) is 0 Å². The van der Waals surface area contributed by atoms with Gasteiger partial charge in [0, 0.05) is 33.3 Å². The molecule has 2 aromatic heterocycles. The van der Waals surface area contributed by atoms with Crippen molar-refractivity contribution in [1.29, 1.82) is 0 Å². The highest BCUT2D eigenvalue weighted by atomic mass is 16.5. The molecule has 2 aromatic rings. The van der Waals surface area contributed by atoms with Crippen LogP contribution < -0.4 is 4.90 Å². The lowest BCUT2D eigenvalue weighted by atomic mass is 10.3. The molecule has 8 heteroatoms. The second-order valence-electron chi connectivity index (χ2n) is 5.36. The number of carbonyl (C=O) groups excluding carboxylic acids is 1. The van der Waals surface area contributed by atoms with Gasteiger partial charge in [-0.15, -0.1) is 15.3 Å². The third-order valence-corrected chi connectivity index (χ3v) is 3.85. The molecule has 118 valence electrons. The standard InChI is InChI=1S/C14H20N6O2/c1-11-15-16-12-4-5-13(17-20(11)12)18-6-3-7-19(9-8-18)14(21)10-22-2/h4-5H,3,6-10H2,1-2H3. The van der Waals surface area contributed by atoms with Gasteiger partial charge in [-0.05, 0) is 25.5 Å². The second kappa shape index (κ2) is 6.27. The highest BCUT2D eigenvalue weighted by Gasteiger charge is 2.20. The van der Waals surface area contributed by atoms with Gasteiger partial charge < -0.3 is 14.5 Å². The number of hydrogen-bond acceptors (Lipinski definition) is 6. The molecule has 0 aliphatic carbocycles. The number of anilines is 1. The van der Waals surface area contributed by atoms with E-state index in [1.54, 1.807) is 11.6 Å². The van der Waals surface area contributed by atoms with Crippen molar-refractivity contribution in [1.82, 2.24) is 24.7 Å². The lowest BCUT2D eigenvalue weighted by molar-refractivity contribution is -0.134. The molecule has 1 aliphatic rings. The third kappa shape index (κ3) is 2.87. The normalized spacial score (nSPS) is 16.1. The predicted molar refractivity (Wildman–Crippen MR) is 80.8 cm³/mol. The van der Waals surface area contributed by atoms with E-state index in [1.807, 2.05) is 24.0 Å². The lowest BCUT2D eigenvalue weighted by Crippen LogP contribution is -2.37. The summed E-state index contributed by atoms with van der Waals surface area (Å²) in [4.78, 5) is 16.0. The monoisotopic (exact) mass is 304 g/mol. The summed E-state index contributed by atoms with van der Waals surface area (Å²) in [5, 5.41) is 12.7. The van der Waals surface area contributed by atoms with E-state index in [2.05, 4.69) is 20.2 Å². The highest BCUT2D eigenvalue weighted by Crippen LogP contribution is 2.15. The Morgan fingerprint density at radius 3 is 2.91 bits per heavy atom. The van der Waals surface area contributed by atoms with Crippen LogP contribution in [-0.4, -0.2) is 70.5 Å². The molecule has 0 aromatic carbocycles. The molecule has 1 amide bonds. The summed E-state index contributed by atoms with van der Waals surface area (Å²) < 4.78 is 6.67. The van der Waals surface area contributed by atoms with Crippen molar-refractivity contribution >= 4 is 17.4 Å². The number of nitrogens with zero attached hydrogens (tertiary/aromatic N) is 6. The fourth-order valence-electron chi connectivity index (χ4n) is 2.67. The zero-order valence-electron chi connectivity index (χ0n) is 12.9. The maximum atomic E-state index is 11.9. The zero-order valence-corrected chi connectivity index (χ0v) is 12.9. The van der Waals surface area contributed by atoms with E-state index in [1.165, 1.54) is 0 Å². The van der Waals surface area contributed by atoms with Gasteiger partial charge in [0.05, 0.1) is 0 Å². The summed E-state index contributed by atoms with van der Waals surface area (Å²) in [6.07, 6.45) is 0.913. The minimum absolute atomic E-state index is 0.0439. The Bertz CT molecular complexity index is 670. The van der Waals surface area contributed by atoms with Crippen LogP contribution in [0.3, 0.4) is 0 Å². The molecular formula is C14H20N6O2. The van der Waals surface area contributed by atoms with Gasteiger partial charge in [-0.1, -0.05) is 0 Å². The van der Waals surface area contributed by atoms with E-state index >= 15 is 0 Å². The first-order valence-electron chi connectivity index (χ1n) is 7.40. The van der Waals surface area contributed by atoms with Gasteiger partial charge >= 0.3 is 0 Å². The molecule has 0 radical (unpaired) electrons. The summed E-state index contributed by atoms with van der Waals surface area (Å²) in [7, 11) is 1.54. The Labute approximate surface area is 128 Å². The Kier molecular flexibility index (Phi) is 4.19. The number of hydrogen-bond donors (Lipinski definition) is 0. The van der Waals surface area contributed by atoms with E-state index in [9.17, 15) is 4.79 Å². The van der Waals surface area contributed by atoms with Crippen LogP contribution in [0.5, 0.6) is 0 Å². The molecule has 3 heterocycles. The van der Waals surface area contributed by atoms with Crippen LogP contribution in [0, 0.1) is 6.92 Å². The van der Waals surface area contributed by atoms with Crippen molar-refractivity contribution in [2.24, 2.45) is 0 Å². The summed E-state index contributed by atoms with van der Waals surface area (Å²) in [6, 6.07) is 3.87. The number of ether oxygens (including phenoxy) is 1. The van der Waals surface area contributed by atoms with E-state index in [4.69, 9.17) is 4.74 Å². The number of fused-ring (bicyclic) bond motifs is 1. The first-order chi connectivity index (χ1) is 10.7. The minimum Gasteiger partial charge on any atom is -0.375 e. The topological polar surface area (TPSA) is 75.9 Å². The zero-order chi connectivity index (χ0) is 15.5. The SMILES string of the molecule is COCC(=O)N1CCCN(c2ccc3nnc(C)n3n2)CC1. The Balaban J connectivity index is 1.74. The van der Waals surface area contributed by atoms with Gasteiger partial charge in [0.2, 0.25) is 5.91 Å². The van der Waals surface area contributed by atoms with Crippen molar-refractivity contribution in [2.75, 3.05) is 44.8 Å². The Morgan fingerprint density at radius 1 is 1.23 bits per heavy atom. The molecule has 0 saturated carbocycles. The maximum Gasteiger partial charge on any atom is 0.248 e. The van der Waals surface area contributed by atoms with E-state index < -0.39 is 0 Å². The largest absolute Gasteiger partial charge is 0.375 e. The molecule has 8 nitrogen and oxygen atoms in total. The number of methoxy groups -OCH3 is 1. The molecule has 1 saturated heterocycles. The van der Waals surface area contributed by atoms with Crippen LogP contribution in [0.4, 0.5) is 5.82 Å². The summed E-state index contributed by atoms with van der Waals surface area (Å²) in [6.45, 7) is 5.09. The Morgan fingerprint density at radius 2 is 2.09 bits per heavy atom. The number of aryl methyl sites for hydroxylation is 1. The fraction of sp³-hybridized carbons (Fsp3) is 0.571. The summed E-state index contributed by atoms with van der Waals surface area (Å²) >= 11 is 0. The van der Waals surface area contributed by atoms with Crippen molar-refractivity contribution in [2.45, 2.75) is 13.3 Å². The van der Waals surface area contributed by atoms with Gasteiger partial charge in [0.15, 0.2) is 11.5 Å². The van der Waals surface area contributed by atoms with Crippen LogP contribution >= 0.6 is 0 Å². The molecule has 1 aliphatic heterocycles. The average molecular weight is 304 g/mol. The van der Waals surface area contributed by atoms with Gasteiger partial charge in [0.25, 0.3) is 0 Å². The highest BCUT2D eigenvalue weighted by molar-refractivity contribution is 5.77. The van der Waals surface area contributed by atoms with E-state index in [0.29, 0.717) is 6.54 Å². The van der Waals surface area contributed by atoms with E-state index in [0.717, 1.165) is 43.3 Å².